The van der Waals surface area contributed by atoms with E-state index in [-0.39, 0.29) is 10.8 Å². The lowest BCUT2D eigenvalue weighted by Crippen LogP contribution is -2.60. The van der Waals surface area contributed by atoms with Gasteiger partial charge in [0.1, 0.15) is 5.78 Å². The summed E-state index contributed by atoms with van der Waals surface area (Å²) >= 11 is 0. The smallest absolute Gasteiger partial charge is 0.137 e. The highest BCUT2D eigenvalue weighted by Crippen LogP contribution is 2.65. The van der Waals surface area contributed by atoms with Gasteiger partial charge in [0.25, 0.3) is 0 Å². The quantitative estimate of drug-likeness (QED) is 0.685. The van der Waals surface area contributed by atoms with Crippen LogP contribution in [0, 0.1) is 22.7 Å². The Morgan fingerprint density at radius 3 is 2.62 bits per heavy atom. The summed E-state index contributed by atoms with van der Waals surface area (Å²) in [6.07, 6.45) is 6.59. The second-order valence-corrected chi connectivity index (χ2v) is 6.27. The molecule has 2 bridgehead atoms. The number of carbonyl (C=O) groups is 1. The van der Waals surface area contributed by atoms with Gasteiger partial charge in [-0.15, -0.1) is 0 Å². The second-order valence-electron chi connectivity index (χ2n) is 6.27. The van der Waals surface area contributed by atoms with Gasteiger partial charge in [-0.05, 0) is 35.7 Å². The van der Waals surface area contributed by atoms with Crippen LogP contribution in [0.4, 0.5) is 0 Å². The van der Waals surface area contributed by atoms with Crippen molar-refractivity contribution in [2.75, 3.05) is 7.11 Å². The van der Waals surface area contributed by atoms with Crippen molar-refractivity contribution in [1.29, 1.82) is 0 Å². The first kappa shape index (κ1) is 11.7. The largest absolute Gasteiger partial charge is 0.505 e. The highest BCUT2D eigenvalue weighted by molar-refractivity contribution is 5.85. The summed E-state index contributed by atoms with van der Waals surface area (Å²) in [7, 11) is 1.66. The van der Waals surface area contributed by atoms with Crippen LogP contribution in [-0.2, 0) is 9.53 Å². The molecule has 0 amide bonds. The van der Waals surface area contributed by atoms with Gasteiger partial charge in [0.2, 0.25) is 0 Å². The van der Waals surface area contributed by atoms with Crippen molar-refractivity contribution < 1.29 is 9.53 Å². The average molecular weight is 222 g/mol. The molecule has 0 aliphatic heterocycles. The van der Waals surface area contributed by atoms with Gasteiger partial charge in [-0.25, -0.2) is 0 Å². The topological polar surface area (TPSA) is 26.3 Å². The van der Waals surface area contributed by atoms with Crippen molar-refractivity contribution in [3.63, 3.8) is 0 Å². The standard InChI is InChI=1S/C14H22O2/c1-13(2)10-8-12(13)14(3,9-11(10)15)6-5-7-16-4/h5,7,10,12H,6,8-9H2,1-4H3/b7-5-/t10-,12-,14+/m1/s1. The lowest BCUT2D eigenvalue weighted by Gasteiger charge is -2.63. The normalized spacial score (nSPS) is 40.9. The lowest BCUT2D eigenvalue weighted by atomic mass is 9.40. The molecular weight excluding hydrogens is 200 g/mol. The Hall–Kier alpha value is -0.790. The Labute approximate surface area is 98.1 Å². The van der Waals surface area contributed by atoms with E-state index in [0.717, 1.165) is 19.3 Å². The molecule has 3 aliphatic carbocycles. The summed E-state index contributed by atoms with van der Waals surface area (Å²) in [5.74, 6) is 1.49. The number of methoxy groups -OCH3 is 1. The molecular formula is C14H22O2. The van der Waals surface area contributed by atoms with Crippen LogP contribution in [0.5, 0.6) is 0 Å². The van der Waals surface area contributed by atoms with E-state index in [1.807, 2.05) is 0 Å². The van der Waals surface area contributed by atoms with E-state index in [1.165, 1.54) is 0 Å². The van der Waals surface area contributed by atoms with E-state index in [2.05, 4.69) is 26.8 Å². The summed E-state index contributed by atoms with van der Waals surface area (Å²) in [6.45, 7) is 6.76. The van der Waals surface area contributed by atoms with Crippen LogP contribution in [-0.4, -0.2) is 12.9 Å². The predicted molar refractivity (Wildman–Crippen MR) is 63.9 cm³/mol. The fraction of sp³-hybridized carbons (Fsp3) is 0.786. The first-order valence-electron chi connectivity index (χ1n) is 6.12. The summed E-state index contributed by atoms with van der Waals surface area (Å²) in [5, 5.41) is 0. The van der Waals surface area contributed by atoms with Crippen molar-refractivity contribution >= 4 is 5.78 Å². The molecule has 90 valence electrons. The molecule has 3 saturated carbocycles. The SMILES string of the molecule is CO/C=C\C[C@@]1(C)CC(=O)[C@H]2C[C@@H]1C2(C)C. The molecule has 0 radical (unpaired) electrons. The van der Waals surface area contributed by atoms with E-state index in [0.29, 0.717) is 17.6 Å². The molecule has 0 unspecified atom stereocenters. The van der Waals surface area contributed by atoms with Crippen LogP contribution in [0.25, 0.3) is 0 Å². The molecule has 0 N–H and O–H groups in total. The number of allylic oxidation sites excluding steroid dienone is 1. The number of ether oxygens (including phenoxy) is 1. The lowest BCUT2D eigenvalue weighted by molar-refractivity contribution is -0.172. The molecule has 16 heavy (non-hydrogen) atoms. The predicted octanol–water partition coefficient (Wildman–Crippen LogP) is 3.18. The van der Waals surface area contributed by atoms with E-state index in [9.17, 15) is 4.79 Å². The van der Waals surface area contributed by atoms with Crippen LogP contribution >= 0.6 is 0 Å². The number of hydrogen-bond acceptors (Lipinski definition) is 2. The number of fused-ring (bicyclic) bond motifs is 2. The molecule has 0 aromatic heterocycles. The Kier molecular flexibility index (Phi) is 2.64. The molecule has 0 heterocycles. The van der Waals surface area contributed by atoms with Crippen molar-refractivity contribution in [3.8, 4) is 0 Å². The van der Waals surface area contributed by atoms with Gasteiger partial charge in [-0.1, -0.05) is 20.8 Å². The second kappa shape index (κ2) is 3.61. The zero-order valence-corrected chi connectivity index (χ0v) is 10.7. The van der Waals surface area contributed by atoms with Crippen LogP contribution in [0.3, 0.4) is 0 Å². The maximum Gasteiger partial charge on any atom is 0.137 e. The molecule has 3 aliphatic rings. The molecule has 2 nitrogen and oxygen atoms in total. The molecule has 0 aromatic rings. The Morgan fingerprint density at radius 2 is 2.12 bits per heavy atom. The zero-order chi connectivity index (χ0) is 12.0. The van der Waals surface area contributed by atoms with Crippen LogP contribution in [0.2, 0.25) is 0 Å². The van der Waals surface area contributed by atoms with Crippen molar-refractivity contribution in [2.45, 2.75) is 40.0 Å². The maximum atomic E-state index is 12.0. The molecule has 0 saturated heterocycles. The number of Topliss-reactive ketones (excluding diaryl/α,β-unsaturated/α-hetero) is 1. The fourth-order valence-electron chi connectivity index (χ4n) is 3.93. The maximum absolute atomic E-state index is 12.0. The minimum atomic E-state index is 0.143. The van der Waals surface area contributed by atoms with Crippen LogP contribution in [0.1, 0.15) is 40.0 Å². The van der Waals surface area contributed by atoms with Crippen LogP contribution < -0.4 is 0 Å². The van der Waals surface area contributed by atoms with E-state index >= 15 is 0 Å². The Morgan fingerprint density at radius 1 is 1.44 bits per heavy atom. The van der Waals surface area contributed by atoms with Crippen molar-refractivity contribution in [1.82, 2.24) is 0 Å². The van der Waals surface area contributed by atoms with Gasteiger partial charge < -0.3 is 4.74 Å². The summed E-state index contributed by atoms with van der Waals surface area (Å²) in [6, 6.07) is 0. The number of hydrogen-bond donors (Lipinski definition) is 0. The number of carbonyl (C=O) groups excluding carboxylic acids is 1. The first-order chi connectivity index (χ1) is 7.42. The third kappa shape index (κ3) is 1.50. The summed E-state index contributed by atoms with van der Waals surface area (Å²) in [5.41, 5.74) is 0.357. The molecule has 3 rings (SSSR count). The zero-order valence-electron chi connectivity index (χ0n) is 10.7. The molecule has 3 fully saturated rings. The first-order valence-corrected chi connectivity index (χ1v) is 6.12. The minimum Gasteiger partial charge on any atom is -0.505 e. The van der Waals surface area contributed by atoms with Gasteiger partial charge in [-0.3, -0.25) is 4.79 Å². The van der Waals surface area contributed by atoms with Gasteiger partial charge in [0, 0.05) is 12.3 Å². The Balaban J connectivity index is 2.15. The average Bonchev–Trinajstić information content (AvgIpc) is 2.15. The van der Waals surface area contributed by atoms with Crippen molar-refractivity contribution in [3.05, 3.63) is 12.3 Å². The van der Waals surface area contributed by atoms with E-state index < -0.39 is 0 Å². The highest BCUT2D eigenvalue weighted by Gasteiger charge is 2.62. The minimum absolute atomic E-state index is 0.143. The monoisotopic (exact) mass is 222 g/mol. The van der Waals surface area contributed by atoms with Gasteiger partial charge in [-0.2, -0.15) is 0 Å². The Bertz CT molecular complexity index is 330. The number of rotatable bonds is 3. The van der Waals surface area contributed by atoms with E-state index in [1.54, 1.807) is 13.4 Å². The third-order valence-corrected chi connectivity index (χ3v) is 4.89. The number of ketones is 1. The third-order valence-electron chi connectivity index (χ3n) is 4.89. The molecule has 0 aromatic carbocycles. The molecule has 3 atom stereocenters. The highest BCUT2D eigenvalue weighted by atomic mass is 16.5. The fourth-order valence-corrected chi connectivity index (χ4v) is 3.93. The summed E-state index contributed by atoms with van der Waals surface area (Å²) in [4.78, 5) is 12.0. The van der Waals surface area contributed by atoms with Gasteiger partial charge >= 0.3 is 0 Å². The molecule has 0 spiro atoms. The van der Waals surface area contributed by atoms with Gasteiger partial charge in [0.05, 0.1) is 13.4 Å². The van der Waals surface area contributed by atoms with Crippen molar-refractivity contribution in [2.24, 2.45) is 22.7 Å². The van der Waals surface area contributed by atoms with E-state index in [4.69, 9.17) is 4.74 Å². The molecule has 2 heteroatoms. The summed E-state index contributed by atoms with van der Waals surface area (Å²) < 4.78 is 4.94. The van der Waals surface area contributed by atoms with Gasteiger partial charge in [0.15, 0.2) is 0 Å². The van der Waals surface area contributed by atoms with Crippen LogP contribution in [0.15, 0.2) is 12.3 Å².